The molecule has 1 N–H and O–H groups in total. The van der Waals surface area contributed by atoms with E-state index in [1.54, 1.807) is 7.11 Å². The minimum Gasteiger partial charge on any atom is -0.496 e. The van der Waals surface area contributed by atoms with Crippen LogP contribution in [-0.4, -0.2) is 18.5 Å². The van der Waals surface area contributed by atoms with Crippen LogP contribution >= 0.6 is 0 Å². The van der Waals surface area contributed by atoms with Gasteiger partial charge in [0.1, 0.15) is 5.75 Å². The molecule has 1 aromatic rings. The molecule has 3 nitrogen and oxygen atoms in total. The van der Waals surface area contributed by atoms with Crippen LogP contribution in [-0.2, 0) is 0 Å². The number of hydrogen-bond acceptors (Lipinski definition) is 3. The molecule has 1 rings (SSSR count). The van der Waals surface area contributed by atoms with Crippen molar-refractivity contribution >= 4 is 6.21 Å². The van der Waals surface area contributed by atoms with E-state index in [4.69, 9.17) is 9.94 Å². The fraction of sp³-hybridized carbons (Fsp3) is 0.222. The molecule has 0 amide bonds. The Morgan fingerprint density at radius 1 is 1.50 bits per heavy atom. The molecule has 0 atom stereocenters. The average molecular weight is 165 g/mol. The van der Waals surface area contributed by atoms with E-state index in [0.717, 1.165) is 16.9 Å². The van der Waals surface area contributed by atoms with Crippen LogP contribution in [0.3, 0.4) is 0 Å². The zero-order valence-electron chi connectivity index (χ0n) is 7.11. The van der Waals surface area contributed by atoms with Crippen LogP contribution in [0.5, 0.6) is 5.75 Å². The summed E-state index contributed by atoms with van der Waals surface area (Å²) in [6, 6.07) is 5.57. The standard InChI is InChI=1S/C9H11NO2/c1-7-8(6-10-11)4-3-5-9(7)12-2/h3-6,11H,1-2H3/b10-6+. The maximum atomic E-state index is 8.34. The minimum atomic E-state index is 0.799. The second-order valence-electron chi connectivity index (χ2n) is 2.42. The van der Waals surface area contributed by atoms with Gasteiger partial charge in [-0.25, -0.2) is 0 Å². The number of ether oxygens (including phenoxy) is 1. The Balaban J connectivity index is 3.13. The van der Waals surface area contributed by atoms with Gasteiger partial charge in [0.2, 0.25) is 0 Å². The lowest BCUT2D eigenvalue weighted by Crippen LogP contribution is -1.92. The maximum absolute atomic E-state index is 8.34. The first-order valence-corrected chi connectivity index (χ1v) is 3.60. The molecule has 0 radical (unpaired) electrons. The van der Waals surface area contributed by atoms with Gasteiger partial charge in [0.05, 0.1) is 13.3 Å². The van der Waals surface area contributed by atoms with Gasteiger partial charge in [0, 0.05) is 5.56 Å². The topological polar surface area (TPSA) is 41.8 Å². The first kappa shape index (κ1) is 8.59. The highest BCUT2D eigenvalue weighted by atomic mass is 16.5. The van der Waals surface area contributed by atoms with Crippen molar-refractivity contribution in [3.8, 4) is 5.75 Å². The predicted molar refractivity (Wildman–Crippen MR) is 47.1 cm³/mol. The van der Waals surface area contributed by atoms with Gasteiger partial charge in [-0.1, -0.05) is 17.3 Å². The molecule has 0 bridgehead atoms. The van der Waals surface area contributed by atoms with Crippen LogP contribution < -0.4 is 4.74 Å². The van der Waals surface area contributed by atoms with Crippen molar-refractivity contribution in [1.29, 1.82) is 0 Å². The molecule has 0 aliphatic heterocycles. The summed E-state index contributed by atoms with van der Waals surface area (Å²) in [4.78, 5) is 0. The molecule has 3 heteroatoms. The average Bonchev–Trinajstić information content (AvgIpc) is 2.09. The monoisotopic (exact) mass is 165 g/mol. The summed E-state index contributed by atoms with van der Waals surface area (Å²) in [5.41, 5.74) is 1.83. The Labute approximate surface area is 71.3 Å². The molecule has 0 fully saturated rings. The number of nitrogens with zero attached hydrogens (tertiary/aromatic N) is 1. The molecule has 0 aliphatic rings. The molecule has 0 aromatic heterocycles. The molecular weight excluding hydrogens is 154 g/mol. The highest BCUT2D eigenvalue weighted by Crippen LogP contribution is 2.19. The number of rotatable bonds is 2. The van der Waals surface area contributed by atoms with E-state index in [2.05, 4.69) is 5.16 Å². The normalized spacial score (nSPS) is 10.5. The number of methoxy groups -OCH3 is 1. The smallest absolute Gasteiger partial charge is 0.122 e. The lowest BCUT2D eigenvalue weighted by Gasteiger charge is -2.05. The highest BCUT2D eigenvalue weighted by Gasteiger charge is 2.00. The van der Waals surface area contributed by atoms with Crippen LogP contribution in [0.2, 0.25) is 0 Å². The lowest BCUT2D eigenvalue weighted by atomic mass is 10.1. The van der Waals surface area contributed by atoms with Crippen LogP contribution in [0.25, 0.3) is 0 Å². The van der Waals surface area contributed by atoms with Crippen molar-refractivity contribution in [3.05, 3.63) is 29.3 Å². The van der Waals surface area contributed by atoms with E-state index >= 15 is 0 Å². The highest BCUT2D eigenvalue weighted by molar-refractivity contribution is 5.82. The Morgan fingerprint density at radius 3 is 2.83 bits per heavy atom. The minimum absolute atomic E-state index is 0.799. The van der Waals surface area contributed by atoms with Crippen LogP contribution in [0.1, 0.15) is 11.1 Å². The van der Waals surface area contributed by atoms with Gasteiger partial charge in [-0.05, 0) is 18.6 Å². The van der Waals surface area contributed by atoms with E-state index < -0.39 is 0 Å². The third-order valence-corrected chi connectivity index (χ3v) is 1.74. The molecule has 0 saturated heterocycles. The molecule has 64 valence electrons. The zero-order chi connectivity index (χ0) is 8.97. The fourth-order valence-electron chi connectivity index (χ4n) is 1.05. The third-order valence-electron chi connectivity index (χ3n) is 1.74. The summed E-state index contributed by atoms with van der Waals surface area (Å²) in [7, 11) is 1.61. The van der Waals surface area contributed by atoms with E-state index in [1.165, 1.54) is 6.21 Å². The van der Waals surface area contributed by atoms with Crippen molar-refractivity contribution in [1.82, 2.24) is 0 Å². The first-order valence-electron chi connectivity index (χ1n) is 3.60. The third kappa shape index (κ3) is 1.56. The Kier molecular flexibility index (Phi) is 2.69. The van der Waals surface area contributed by atoms with Crippen molar-refractivity contribution in [2.75, 3.05) is 7.11 Å². The van der Waals surface area contributed by atoms with Crippen molar-refractivity contribution < 1.29 is 9.94 Å². The summed E-state index contributed by atoms with van der Waals surface area (Å²) in [5, 5.41) is 11.3. The van der Waals surface area contributed by atoms with E-state index in [-0.39, 0.29) is 0 Å². The van der Waals surface area contributed by atoms with Gasteiger partial charge in [-0.3, -0.25) is 0 Å². The second-order valence-corrected chi connectivity index (χ2v) is 2.42. The predicted octanol–water partition coefficient (Wildman–Crippen LogP) is 1.81. The van der Waals surface area contributed by atoms with E-state index in [1.807, 2.05) is 25.1 Å². The second kappa shape index (κ2) is 3.76. The van der Waals surface area contributed by atoms with Gasteiger partial charge in [0.15, 0.2) is 0 Å². The summed E-state index contributed by atoms with van der Waals surface area (Å²) in [6.45, 7) is 1.91. The number of benzene rings is 1. The molecule has 12 heavy (non-hydrogen) atoms. The van der Waals surface area contributed by atoms with Gasteiger partial charge >= 0.3 is 0 Å². The molecule has 0 spiro atoms. The molecule has 0 aliphatic carbocycles. The summed E-state index contributed by atoms with van der Waals surface area (Å²) in [6.07, 6.45) is 1.39. The molecular formula is C9H11NO2. The summed E-state index contributed by atoms with van der Waals surface area (Å²) >= 11 is 0. The van der Waals surface area contributed by atoms with Crippen LogP contribution in [0.15, 0.2) is 23.4 Å². The quantitative estimate of drug-likeness (QED) is 0.412. The van der Waals surface area contributed by atoms with Crippen molar-refractivity contribution in [2.45, 2.75) is 6.92 Å². The molecule has 0 saturated carbocycles. The van der Waals surface area contributed by atoms with Gasteiger partial charge in [-0.15, -0.1) is 0 Å². The van der Waals surface area contributed by atoms with E-state index in [9.17, 15) is 0 Å². The van der Waals surface area contributed by atoms with Crippen LogP contribution in [0, 0.1) is 6.92 Å². The Hall–Kier alpha value is -1.51. The molecule has 0 unspecified atom stereocenters. The summed E-state index contributed by atoms with van der Waals surface area (Å²) in [5.74, 6) is 0.799. The fourth-order valence-corrected chi connectivity index (χ4v) is 1.05. The van der Waals surface area contributed by atoms with Crippen LogP contribution in [0.4, 0.5) is 0 Å². The SMILES string of the molecule is COc1cccc(/C=N/O)c1C. The van der Waals surface area contributed by atoms with Crippen molar-refractivity contribution in [2.24, 2.45) is 5.16 Å². The van der Waals surface area contributed by atoms with Gasteiger partial charge in [-0.2, -0.15) is 0 Å². The Bertz CT molecular complexity index is 295. The summed E-state index contributed by atoms with van der Waals surface area (Å²) < 4.78 is 5.09. The molecule has 0 heterocycles. The van der Waals surface area contributed by atoms with E-state index in [0.29, 0.717) is 0 Å². The Morgan fingerprint density at radius 2 is 2.25 bits per heavy atom. The lowest BCUT2D eigenvalue weighted by molar-refractivity contribution is 0.322. The zero-order valence-corrected chi connectivity index (χ0v) is 7.11. The number of hydrogen-bond donors (Lipinski definition) is 1. The maximum Gasteiger partial charge on any atom is 0.122 e. The first-order chi connectivity index (χ1) is 5.79. The number of oxime groups is 1. The molecule has 1 aromatic carbocycles. The van der Waals surface area contributed by atoms with Gasteiger partial charge in [0.25, 0.3) is 0 Å². The largest absolute Gasteiger partial charge is 0.496 e. The van der Waals surface area contributed by atoms with Crippen molar-refractivity contribution in [3.63, 3.8) is 0 Å². The van der Waals surface area contributed by atoms with Gasteiger partial charge < -0.3 is 9.94 Å².